The molecule has 1 heterocycles. The van der Waals surface area contributed by atoms with E-state index in [-0.39, 0.29) is 50.3 Å². The van der Waals surface area contributed by atoms with Gasteiger partial charge in [-0.2, -0.15) is 0 Å². The predicted octanol–water partition coefficient (Wildman–Crippen LogP) is -4.89. The molecule has 0 aliphatic carbocycles. The summed E-state index contributed by atoms with van der Waals surface area (Å²) in [6.45, 7) is 1.92. The minimum atomic E-state index is 0. The minimum absolute atomic E-state index is 0. The molecule has 12 heavy (non-hydrogen) atoms. The first-order chi connectivity index (χ1) is 4.30. The summed E-state index contributed by atoms with van der Waals surface area (Å²) in [6, 6.07) is 5.79. The van der Waals surface area contributed by atoms with Gasteiger partial charge in [0.15, 0.2) is 0 Å². The molecular formula is C7H10Cl2N2Zn. The normalized spacial score (nSPS) is 9.83. The molecular weight excluding hydrogens is 248 g/mol. The monoisotopic (exact) mass is 256 g/mol. The number of hydrogen-bond donors (Lipinski definition) is 1. The zero-order chi connectivity index (χ0) is 6.69. The Kier molecular flexibility index (Phi) is 14.2. The molecule has 2 N–H and O–H groups in total. The van der Waals surface area contributed by atoms with Gasteiger partial charge in [0.2, 0.25) is 0 Å². The molecule has 0 saturated heterocycles. The second-order valence-electron chi connectivity index (χ2n) is 2.04. The van der Waals surface area contributed by atoms with E-state index in [4.69, 9.17) is 5.73 Å². The number of halogens is 2. The molecule has 1 rings (SSSR count). The van der Waals surface area contributed by atoms with Gasteiger partial charge in [0.05, 0.1) is 5.69 Å². The van der Waals surface area contributed by atoms with Gasteiger partial charge in [-0.25, -0.2) is 0 Å². The molecule has 0 aliphatic rings. The summed E-state index contributed by atoms with van der Waals surface area (Å²) in [5.74, 6) is 0. The molecule has 0 fully saturated rings. The van der Waals surface area contributed by atoms with Crippen LogP contribution in [0, 0.1) is 0 Å². The van der Waals surface area contributed by atoms with E-state index in [1.807, 2.05) is 25.1 Å². The van der Waals surface area contributed by atoms with Crippen LogP contribution in [0.1, 0.15) is 18.7 Å². The number of nitrogens with zero attached hydrogens (tertiary/aromatic N) is 1. The van der Waals surface area contributed by atoms with Crippen LogP contribution in [0.25, 0.3) is 0 Å². The van der Waals surface area contributed by atoms with Crippen LogP contribution in [-0.4, -0.2) is 4.98 Å². The van der Waals surface area contributed by atoms with Crippen LogP contribution < -0.4 is 30.5 Å². The summed E-state index contributed by atoms with van der Waals surface area (Å²) in [5.41, 5.74) is 6.49. The van der Waals surface area contributed by atoms with Crippen molar-refractivity contribution in [2.75, 3.05) is 0 Å². The van der Waals surface area contributed by atoms with E-state index >= 15 is 0 Å². The Balaban J connectivity index is -0.000000270. The molecule has 0 aliphatic heterocycles. The van der Waals surface area contributed by atoms with Gasteiger partial charge in [-0.3, -0.25) is 4.98 Å². The average molecular weight is 258 g/mol. The van der Waals surface area contributed by atoms with Crippen molar-refractivity contribution in [2.24, 2.45) is 5.73 Å². The summed E-state index contributed by atoms with van der Waals surface area (Å²) in [5, 5.41) is 0. The van der Waals surface area contributed by atoms with Crippen molar-refractivity contribution >= 4 is 0 Å². The largest absolute Gasteiger partial charge is 2.00 e. The van der Waals surface area contributed by atoms with Gasteiger partial charge < -0.3 is 30.5 Å². The Morgan fingerprint density at radius 1 is 1.33 bits per heavy atom. The van der Waals surface area contributed by atoms with Gasteiger partial charge in [0.25, 0.3) is 0 Å². The van der Waals surface area contributed by atoms with E-state index in [1.165, 1.54) is 0 Å². The van der Waals surface area contributed by atoms with E-state index in [0.29, 0.717) is 0 Å². The molecule has 0 saturated carbocycles. The number of pyridine rings is 1. The van der Waals surface area contributed by atoms with Crippen LogP contribution in [-0.2, 0) is 19.5 Å². The number of nitrogens with two attached hydrogens (primary N) is 1. The molecule has 0 radical (unpaired) electrons. The van der Waals surface area contributed by atoms with Crippen molar-refractivity contribution in [1.82, 2.24) is 4.98 Å². The summed E-state index contributed by atoms with van der Waals surface area (Å²) in [6.07, 6.45) is 1.75. The smallest absolute Gasteiger partial charge is 1.00 e. The SMILES string of the molecule is CC(N)c1ccccn1.[Cl-].[Cl-].[Zn+2]. The van der Waals surface area contributed by atoms with Crippen molar-refractivity contribution in [3.8, 4) is 0 Å². The fourth-order valence-corrected chi connectivity index (χ4v) is 0.645. The molecule has 0 aromatic carbocycles. The van der Waals surface area contributed by atoms with E-state index in [0.717, 1.165) is 5.69 Å². The van der Waals surface area contributed by atoms with Crippen molar-refractivity contribution in [3.05, 3.63) is 30.1 Å². The van der Waals surface area contributed by atoms with Gasteiger partial charge in [-0.1, -0.05) is 6.07 Å². The third-order valence-corrected chi connectivity index (χ3v) is 1.15. The fraction of sp³-hybridized carbons (Fsp3) is 0.286. The van der Waals surface area contributed by atoms with E-state index in [2.05, 4.69) is 4.98 Å². The zero-order valence-electron chi connectivity index (χ0n) is 6.87. The van der Waals surface area contributed by atoms with Crippen molar-refractivity contribution in [3.63, 3.8) is 0 Å². The molecule has 0 bridgehead atoms. The van der Waals surface area contributed by atoms with Crippen LogP contribution in [0.5, 0.6) is 0 Å². The topological polar surface area (TPSA) is 38.9 Å². The third-order valence-electron chi connectivity index (χ3n) is 1.15. The molecule has 2 nitrogen and oxygen atoms in total. The Hall–Kier alpha value is 0.313. The maximum Gasteiger partial charge on any atom is 2.00 e. The Morgan fingerprint density at radius 2 is 1.92 bits per heavy atom. The van der Waals surface area contributed by atoms with E-state index in [9.17, 15) is 0 Å². The van der Waals surface area contributed by atoms with Crippen LogP contribution in [0.15, 0.2) is 24.4 Å². The Morgan fingerprint density at radius 3 is 2.17 bits per heavy atom. The van der Waals surface area contributed by atoms with Gasteiger partial charge in [-0.15, -0.1) is 0 Å². The Bertz CT molecular complexity index is 182. The van der Waals surface area contributed by atoms with E-state index in [1.54, 1.807) is 6.20 Å². The second kappa shape index (κ2) is 9.40. The molecule has 1 unspecified atom stereocenters. The maximum atomic E-state index is 5.55. The molecule has 0 amide bonds. The summed E-state index contributed by atoms with van der Waals surface area (Å²) in [7, 11) is 0. The zero-order valence-corrected chi connectivity index (χ0v) is 11.4. The van der Waals surface area contributed by atoms with Gasteiger partial charge >= 0.3 is 19.5 Å². The standard InChI is InChI=1S/C7H10N2.2ClH.Zn/c1-6(8)7-4-2-3-5-9-7;;;/h2-6H,8H2,1H3;2*1H;/q;;;+2/p-2. The third kappa shape index (κ3) is 5.90. The van der Waals surface area contributed by atoms with Crippen molar-refractivity contribution in [1.29, 1.82) is 0 Å². The summed E-state index contributed by atoms with van der Waals surface area (Å²) < 4.78 is 0. The molecule has 1 atom stereocenters. The summed E-state index contributed by atoms with van der Waals surface area (Å²) >= 11 is 0. The molecule has 1 aromatic heterocycles. The molecule has 0 spiro atoms. The van der Waals surface area contributed by atoms with Crippen LogP contribution >= 0.6 is 0 Å². The van der Waals surface area contributed by atoms with Crippen LogP contribution in [0.4, 0.5) is 0 Å². The van der Waals surface area contributed by atoms with Gasteiger partial charge in [0.1, 0.15) is 0 Å². The van der Waals surface area contributed by atoms with Crippen molar-refractivity contribution in [2.45, 2.75) is 13.0 Å². The first kappa shape index (κ1) is 18.2. The average Bonchev–Trinajstić information content (AvgIpc) is 1.90. The van der Waals surface area contributed by atoms with E-state index < -0.39 is 0 Å². The first-order valence-corrected chi connectivity index (χ1v) is 2.97. The predicted molar refractivity (Wildman–Crippen MR) is 36.8 cm³/mol. The minimum Gasteiger partial charge on any atom is -1.00 e. The quantitative estimate of drug-likeness (QED) is 0.513. The number of rotatable bonds is 1. The van der Waals surface area contributed by atoms with Crippen molar-refractivity contribution < 1.29 is 44.3 Å². The second-order valence-corrected chi connectivity index (χ2v) is 2.04. The summed E-state index contributed by atoms with van der Waals surface area (Å²) in [4.78, 5) is 4.05. The van der Waals surface area contributed by atoms with Gasteiger partial charge in [0, 0.05) is 12.2 Å². The van der Waals surface area contributed by atoms with Crippen LogP contribution in [0.3, 0.4) is 0 Å². The Labute approximate surface area is 97.9 Å². The molecule has 1 aromatic rings. The maximum absolute atomic E-state index is 5.55. The fourth-order valence-electron chi connectivity index (χ4n) is 0.645. The van der Waals surface area contributed by atoms with Gasteiger partial charge in [-0.05, 0) is 19.1 Å². The number of aromatic nitrogens is 1. The molecule has 5 heteroatoms. The number of hydrogen-bond acceptors (Lipinski definition) is 2. The first-order valence-electron chi connectivity index (χ1n) is 2.97. The molecule has 64 valence electrons. The van der Waals surface area contributed by atoms with Crippen LogP contribution in [0.2, 0.25) is 0 Å².